The lowest BCUT2D eigenvalue weighted by atomic mass is 10.1. The maximum absolute atomic E-state index is 11.8. The summed E-state index contributed by atoms with van der Waals surface area (Å²) in [5.41, 5.74) is 4.95. The standard InChI is InChI=1S/C11H17N5O4/c1-16(6-9-13-4-5-14-9)11(20)15-7(10(18)19)2-3-8(12)17/h4-5,7H,2-3,6H2,1H3,(H2,12,17)(H,13,14)(H,15,20)(H,18,19)/t7-/m1/s1. The molecule has 0 aromatic carbocycles. The van der Waals surface area contributed by atoms with E-state index in [1.165, 1.54) is 11.9 Å². The Kier molecular flexibility index (Phi) is 5.51. The van der Waals surface area contributed by atoms with E-state index in [0.29, 0.717) is 5.82 Å². The van der Waals surface area contributed by atoms with Crippen molar-refractivity contribution in [1.82, 2.24) is 20.2 Å². The molecule has 0 radical (unpaired) electrons. The molecule has 1 aromatic heterocycles. The number of carboxylic acid groups (broad SMARTS) is 1. The third-order valence-corrected chi connectivity index (χ3v) is 2.56. The molecule has 0 saturated heterocycles. The number of nitrogens with zero attached hydrogens (tertiary/aromatic N) is 2. The van der Waals surface area contributed by atoms with Crippen LogP contribution in [0.5, 0.6) is 0 Å². The fraction of sp³-hybridized carbons (Fsp3) is 0.455. The van der Waals surface area contributed by atoms with E-state index < -0.39 is 23.9 Å². The highest BCUT2D eigenvalue weighted by Gasteiger charge is 2.22. The molecule has 9 heteroatoms. The number of carboxylic acids is 1. The van der Waals surface area contributed by atoms with E-state index in [1.807, 2.05) is 0 Å². The van der Waals surface area contributed by atoms with Crippen LogP contribution in [0.15, 0.2) is 12.4 Å². The van der Waals surface area contributed by atoms with Crippen LogP contribution in [0.4, 0.5) is 4.79 Å². The molecule has 0 aliphatic carbocycles. The second-order valence-corrected chi connectivity index (χ2v) is 4.24. The number of hydrogen-bond acceptors (Lipinski definition) is 4. The first kappa shape index (κ1) is 15.5. The molecule has 1 heterocycles. The van der Waals surface area contributed by atoms with Gasteiger partial charge in [-0.3, -0.25) is 4.79 Å². The summed E-state index contributed by atoms with van der Waals surface area (Å²) >= 11 is 0. The van der Waals surface area contributed by atoms with Gasteiger partial charge in [0.15, 0.2) is 0 Å². The molecule has 3 amide bonds. The number of nitrogens with two attached hydrogens (primary N) is 1. The summed E-state index contributed by atoms with van der Waals surface area (Å²) in [5.74, 6) is -1.26. The molecule has 1 atom stereocenters. The number of aromatic amines is 1. The summed E-state index contributed by atoms with van der Waals surface area (Å²) in [6.07, 6.45) is 3.01. The van der Waals surface area contributed by atoms with Crippen molar-refractivity contribution in [1.29, 1.82) is 0 Å². The number of amides is 3. The smallest absolute Gasteiger partial charge is 0.326 e. The Balaban J connectivity index is 2.52. The Hall–Kier alpha value is -2.58. The van der Waals surface area contributed by atoms with Crippen molar-refractivity contribution >= 4 is 17.9 Å². The average Bonchev–Trinajstić information content (AvgIpc) is 2.86. The molecular formula is C11H17N5O4. The molecule has 0 aliphatic heterocycles. The van der Waals surface area contributed by atoms with Crippen molar-refractivity contribution in [3.8, 4) is 0 Å². The molecule has 0 aliphatic rings. The first-order valence-corrected chi connectivity index (χ1v) is 5.91. The number of H-pyrrole nitrogens is 1. The van der Waals surface area contributed by atoms with Crippen LogP contribution in [-0.4, -0.2) is 51.0 Å². The van der Waals surface area contributed by atoms with E-state index >= 15 is 0 Å². The summed E-state index contributed by atoms with van der Waals surface area (Å²) < 4.78 is 0. The molecular weight excluding hydrogens is 266 g/mol. The number of primary amides is 1. The molecule has 20 heavy (non-hydrogen) atoms. The zero-order chi connectivity index (χ0) is 15.1. The highest BCUT2D eigenvalue weighted by Crippen LogP contribution is 2.01. The van der Waals surface area contributed by atoms with Gasteiger partial charge in [-0.2, -0.15) is 0 Å². The van der Waals surface area contributed by atoms with Crippen LogP contribution in [0.3, 0.4) is 0 Å². The largest absolute Gasteiger partial charge is 0.480 e. The third kappa shape index (κ3) is 4.96. The van der Waals surface area contributed by atoms with Crippen LogP contribution in [0.25, 0.3) is 0 Å². The van der Waals surface area contributed by atoms with Crippen LogP contribution in [-0.2, 0) is 16.1 Å². The Morgan fingerprint density at radius 2 is 2.25 bits per heavy atom. The molecule has 1 aromatic rings. The fourth-order valence-electron chi connectivity index (χ4n) is 1.48. The second-order valence-electron chi connectivity index (χ2n) is 4.24. The summed E-state index contributed by atoms with van der Waals surface area (Å²) in [4.78, 5) is 41.5. The Bertz CT molecular complexity index is 473. The number of rotatable bonds is 7. The van der Waals surface area contributed by atoms with Gasteiger partial charge in [0.25, 0.3) is 0 Å². The number of carbonyl (C=O) groups is 3. The van der Waals surface area contributed by atoms with Crippen molar-refractivity contribution in [3.63, 3.8) is 0 Å². The second kappa shape index (κ2) is 7.12. The lowest BCUT2D eigenvalue weighted by Crippen LogP contribution is -2.46. The Morgan fingerprint density at radius 1 is 1.55 bits per heavy atom. The fourth-order valence-corrected chi connectivity index (χ4v) is 1.48. The molecule has 1 rings (SSSR count). The minimum Gasteiger partial charge on any atom is -0.480 e. The third-order valence-electron chi connectivity index (χ3n) is 2.56. The summed E-state index contributed by atoms with van der Waals surface area (Å²) in [5, 5.41) is 11.3. The number of aromatic nitrogens is 2. The predicted octanol–water partition coefficient (Wildman–Crippen LogP) is -0.730. The highest BCUT2D eigenvalue weighted by atomic mass is 16.4. The number of aliphatic carboxylic acids is 1. The van der Waals surface area contributed by atoms with Gasteiger partial charge in [0.1, 0.15) is 11.9 Å². The highest BCUT2D eigenvalue weighted by molar-refractivity contribution is 5.83. The Morgan fingerprint density at radius 3 is 2.75 bits per heavy atom. The van der Waals surface area contributed by atoms with Gasteiger partial charge in [0, 0.05) is 25.9 Å². The van der Waals surface area contributed by atoms with Crippen molar-refractivity contribution in [3.05, 3.63) is 18.2 Å². The number of imidazole rings is 1. The maximum atomic E-state index is 11.8. The SMILES string of the molecule is CN(Cc1ncc[nH]1)C(=O)N[C@H](CCC(N)=O)C(=O)O. The molecule has 0 bridgehead atoms. The lowest BCUT2D eigenvalue weighted by molar-refractivity contribution is -0.139. The molecule has 9 nitrogen and oxygen atoms in total. The van der Waals surface area contributed by atoms with Gasteiger partial charge in [-0.05, 0) is 6.42 Å². The molecule has 0 spiro atoms. The normalized spacial score (nSPS) is 11.7. The van der Waals surface area contributed by atoms with E-state index in [-0.39, 0.29) is 19.4 Å². The zero-order valence-electron chi connectivity index (χ0n) is 11.0. The van der Waals surface area contributed by atoms with Crippen LogP contribution >= 0.6 is 0 Å². The lowest BCUT2D eigenvalue weighted by Gasteiger charge is -2.20. The van der Waals surface area contributed by atoms with E-state index in [9.17, 15) is 14.4 Å². The van der Waals surface area contributed by atoms with Crippen LogP contribution in [0, 0.1) is 0 Å². The van der Waals surface area contributed by atoms with E-state index in [0.717, 1.165) is 0 Å². The topological polar surface area (TPSA) is 141 Å². The van der Waals surface area contributed by atoms with Gasteiger partial charge in [0.2, 0.25) is 5.91 Å². The van der Waals surface area contributed by atoms with Gasteiger partial charge in [-0.25, -0.2) is 14.6 Å². The maximum Gasteiger partial charge on any atom is 0.326 e. The van der Waals surface area contributed by atoms with Gasteiger partial charge < -0.3 is 26.0 Å². The van der Waals surface area contributed by atoms with Crippen molar-refractivity contribution < 1.29 is 19.5 Å². The van der Waals surface area contributed by atoms with Crippen molar-refractivity contribution in [2.24, 2.45) is 5.73 Å². The van der Waals surface area contributed by atoms with Gasteiger partial charge in [0.05, 0.1) is 6.54 Å². The van der Waals surface area contributed by atoms with Crippen LogP contribution in [0.1, 0.15) is 18.7 Å². The van der Waals surface area contributed by atoms with Crippen molar-refractivity contribution in [2.45, 2.75) is 25.4 Å². The van der Waals surface area contributed by atoms with Gasteiger partial charge >= 0.3 is 12.0 Å². The predicted molar refractivity (Wildman–Crippen MR) is 68.4 cm³/mol. The number of hydrogen-bond donors (Lipinski definition) is 4. The quantitative estimate of drug-likeness (QED) is 0.522. The number of carbonyl (C=O) groups excluding carboxylic acids is 2. The molecule has 0 fully saturated rings. The number of nitrogens with one attached hydrogen (secondary N) is 2. The Labute approximate surface area is 115 Å². The zero-order valence-corrected chi connectivity index (χ0v) is 11.0. The summed E-state index contributed by atoms with van der Waals surface area (Å²) in [6, 6.07) is -1.73. The van der Waals surface area contributed by atoms with E-state index in [4.69, 9.17) is 10.8 Å². The van der Waals surface area contributed by atoms with E-state index in [1.54, 1.807) is 12.4 Å². The number of urea groups is 1. The van der Waals surface area contributed by atoms with E-state index in [2.05, 4.69) is 15.3 Å². The summed E-state index contributed by atoms with van der Waals surface area (Å²) in [6.45, 7) is 0.209. The molecule has 110 valence electrons. The monoisotopic (exact) mass is 283 g/mol. The van der Waals surface area contributed by atoms with Crippen molar-refractivity contribution in [2.75, 3.05) is 7.05 Å². The average molecular weight is 283 g/mol. The molecule has 0 unspecified atom stereocenters. The van der Waals surface area contributed by atoms with Crippen LogP contribution in [0.2, 0.25) is 0 Å². The van der Waals surface area contributed by atoms with Gasteiger partial charge in [-0.15, -0.1) is 0 Å². The minimum atomic E-state index is -1.22. The minimum absolute atomic E-state index is 0.0506. The summed E-state index contributed by atoms with van der Waals surface area (Å²) in [7, 11) is 1.50. The van der Waals surface area contributed by atoms with Crippen LogP contribution < -0.4 is 11.1 Å². The molecule has 5 N–H and O–H groups in total. The first-order chi connectivity index (χ1) is 9.40. The van der Waals surface area contributed by atoms with Gasteiger partial charge in [-0.1, -0.05) is 0 Å². The first-order valence-electron chi connectivity index (χ1n) is 5.91. The molecule has 0 saturated carbocycles.